The lowest BCUT2D eigenvalue weighted by atomic mass is 9.86. The topological polar surface area (TPSA) is 102 Å². The molecule has 94 valence electrons. The van der Waals surface area contributed by atoms with Crippen molar-refractivity contribution in [1.29, 1.82) is 0 Å². The molecule has 0 saturated carbocycles. The molecule has 6 nitrogen and oxygen atoms in total. The summed E-state index contributed by atoms with van der Waals surface area (Å²) in [5.41, 5.74) is 4.74. The second-order valence-corrected chi connectivity index (χ2v) is 4.61. The van der Waals surface area contributed by atoms with Gasteiger partial charge in [-0.1, -0.05) is 20.8 Å². The van der Waals surface area contributed by atoms with E-state index in [1.807, 2.05) is 0 Å². The van der Waals surface area contributed by atoms with Crippen LogP contribution in [0.15, 0.2) is 0 Å². The van der Waals surface area contributed by atoms with Crippen LogP contribution in [0.4, 0.5) is 0 Å². The zero-order chi connectivity index (χ0) is 12.9. The van der Waals surface area contributed by atoms with Crippen LogP contribution in [0.1, 0.15) is 20.8 Å². The first-order valence-electron chi connectivity index (χ1n) is 5.00. The lowest BCUT2D eigenvalue weighted by Gasteiger charge is -2.28. The van der Waals surface area contributed by atoms with E-state index in [9.17, 15) is 9.59 Å². The molecule has 0 radical (unpaired) electrons. The highest BCUT2D eigenvalue weighted by molar-refractivity contribution is 5.86. The molecule has 0 rings (SSSR count). The minimum absolute atomic E-state index is 0.0127. The number of hydrogen-bond acceptors (Lipinski definition) is 4. The predicted octanol–water partition coefficient (Wildman–Crippen LogP) is -0.424. The van der Waals surface area contributed by atoms with Gasteiger partial charge in [0, 0.05) is 13.7 Å². The second kappa shape index (κ2) is 5.81. The predicted molar refractivity (Wildman–Crippen MR) is 58.9 cm³/mol. The quantitative estimate of drug-likeness (QED) is 0.597. The molecule has 0 fully saturated rings. The van der Waals surface area contributed by atoms with E-state index >= 15 is 0 Å². The SMILES string of the molecule is COC(CN)C(=O)N[C@H](C(=O)O)C(C)(C)C. The molecule has 6 heteroatoms. The van der Waals surface area contributed by atoms with Gasteiger partial charge in [-0.3, -0.25) is 4.79 Å². The molecule has 0 spiro atoms. The largest absolute Gasteiger partial charge is 0.480 e. The maximum absolute atomic E-state index is 11.6. The van der Waals surface area contributed by atoms with Crippen molar-refractivity contribution in [1.82, 2.24) is 5.32 Å². The van der Waals surface area contributed by atoms with Gasteiger partial charge in [-0.15, -0.1) is 0 Å². The number of hydrogen-bond donors (Lipinski definition) is 3. The van der Waals surface area contributed by atoms with Crippen LogP contribution in [0, 0.1) is 5.41 Å². The van der Waals surface area contributed by atoms with Gasteiger partial charge in [-0.25, -0.2) is 4.79 Å². The van der Waals surface area contributed by atoms with Crippen LogP contribution in [0.3, 0.4) is 0 Å². The summed E-state index contributed by atoms with van der Waals surface area (Å²) < 4.78 is 4.82. The fraction of sp³-hybridized carbons (Fsp3) is 0.800. The normalized spacial score (nSPS) is 15.3. The van der Waals surface area contributed by atoms with E-state index in [2.05, 4.69) is 5.32 Å². The number of ether oxygens (including phenoxy) is 1. The van der Waals surface area contributed by atoms with Gasteiger partial charge < -0.3 is 20.9 Å². The average Bonchev–Trinajstić information content (AvgIpc) is 2.13. The number of carbonyl (C=O) groups excluding carboxylic acids is 1. The van der Waals surface area contributed by atoms with E-state index in [1.165, 1.54) is 7.11 Å². The van der Waals surface area contributed by atoms with E-state index in [1.54, 1.807) is 20.8 Å². The highest BCUT2D eigenvalue weighted by Gasteiger charge is 2.34. The highest BCUT2D eigenvalue weighted by Crippen LogP contribution is 2.19. The Balaban J connectivity index is 4.65. The third-order valence-electron chi connectivity index (χ3n) is 2.19. The minimum atomic E-state index is -1.08. The molecule has 2 atom stereocenters. The van der Waals surface area contributed by atoms with Gasteiger partial charge in [-0.05, 0) is 5.41 Å². The van der Waals surface area contributed by atoms with Gasteiger partial charge in [0.15, 0.2) is 0 Å². The van der Waals surface area contributed by atoms with Gasteiger partial charge in [0.1, 0.15) is 12.1 Å². The molecule has 0 bridgehead atoms. The van der Waals surface area contributed by atoms with E-state index in [0.29, 0.717) is 0 Å². The Morgan fingerprint density at radius 3 is 2.19 bits per heavy atom. The molecule has 1 amide bonds. The van der Waals surface area contributed by atoms with Crippen LogP contribution >= 0.6 is 0 Å². The summed E-state index contributed by atoms with van der Waals surface area (Å²) in [5.74, 6) is -1.58. The van der Waals surface area contributed by atoms with Crippen LogP contribution in [0.5, 0.6) is 0 Å². The smallest absolute Gasteiger partial charge is 0.326 e. The fourth-order valence-corrected chi connectivity index (χ4v) is 1.19. The third-order valence-corrected chi connectivity index (χ3v) is 2.19. The van der Waals surface area contributed by atoms with Crippen molar-refractivity contribution in [2.75, 3.05) is 13.7 Å². The van der Waals surface area contributed by atoms with E-state index in [0.717, 1.165) is 0 Å². The standard InChI is InChI=1S/C10H20N2O4/c1-10(2,3)7(9(14)15)12-8(13)6(5-11)16-4/h6-7H,5,11H2,1-4H3,(H,12,13)(H,14,15)/t6?,7-/m1/s1. The van der Waals surface area contributed by atoms with E-state index in [4.69, 9.17) is 15.6 Å². The first kappa shape index (κ1) is 14.9. The average molecular weight is 232 g/mol. The summed E-state index contributed by atoms with van der Waals surface area (Å²) in [6, 6.07) is -0.968. The Labute approximate surface area is 95.1 Å². The van der Waals surface area contributed by atoms with Gasteiger partial charge >= 0.3 is 5.97 Å². The molecule has 0 aromatic heterocycles. The number of aliphatic carboxylic acids is 1. The summed E-state index contributed by atoms with van der Waals surface area (Å²) in [5, 5.41) is 11.4. The number of amides is 1. The number of rotatable bonds is 5. The van der Waals surface area contributed by atoms with Crippen molar-refractivity contribution in [3.05, 3.63) is 0 Å². The van der Waals surface area contributed by atoms with Crippen molar-refractivity contribution in [3.63, 3.8) is 0 Å². The molecular formula is C10H20N2O4. The lowest BCUT2D eigenvalue weighted by molar-refractivity contribution is -0.146. The van der Waals surface area contributed by atoms with Crippen molar-refractivity contribution >= 4 is 11.9 Å². The highest BCUT2D eigenvalue weighted by atomic mass is 16.5. The van der Waals surface area contributed by atoms with Crippen molar-refractivity contribution < 1.29 is 19.4 Å². The Morgan fingerprint density at radius 1 is 1.44 bits per heavy atom. The molecule has 0 heterocycles. The zero-order valence-corrected chi connectivity index (χ0v) is 10.1. The van der Waals surface area contributed by atoms with E-state index in [-0.39, 0.29) is 6.54 Å². The molecule has 4 N–H and O–H groups in total. The molecule has 0 aliphatic heterocycles. The van der Waals surface area contributed by atoms with Crippen molar-refractivity contribution in [2.45, 2.75) is 32.9 Å². The molecule has 1 unspecified atom stereocenters. The number of carbonyl (C=O) groups is 2. The van der Waals surface area contributed by atoms with E-state index < -0.39 is 29.4 Å². The van der Waals surface area contributed by atoms with Gasteiger partial charge in [-0.2, -0.15) is 0 Å². The number of methoxy groups -OCH3 is 1. The summed E-state index contributed by atoms with van der Waals surface area (Å²) in [7, 11) is 1.35. The van der Waals surface area contributed by atoms with Gasteiger partial charge in [0.25, 0.3) is 5.91 Å². The van der Waals surface area contributed by atoms with Crippen LogP contribution in [-0.4, -0.2) is 42.8 Å². The lowest BCUT2D eigenvalue weighted by Crippen LogP contribution is -2.53. The molecule has 0 aromatic carbocycles. The Morgan fingerprint density at radius 2 is 1.94 bits per heavy atom. The van der Waals surface area contributed by atoms with Crippen LogP contribution < -0.4 is 11.1 Å². The first-order valence-corrected chi connectivity index (χ1v) is 5.00. The third kappa shape index (κ3) is 4.16. The van der Waals surface area contributed by atoms with Gasteiger partial charge in [0.2, 0.25) is 0 Å². The zero-order valence-electron chi connectivity index (χ0n) is 10.1. The minimum Gasteiger partial charge on any atom is -0.480 e. The number of nitrogens with one attached hydrogen (secondary N) is 1. The molecule has 0 aliphatic rings. The Bertz CT molecular complexity index is 256. The monoisotopic (exact) mass is 232 g/mol. The van der Waals surface area contributed by atoms with Crippen LogP contribution in [0.25, 0.3) is 0 Å². The number of nitrogens with two attached hydrogens (primary N) is 1. The van der Waals surface area contributed by atoms with Crippen LogP contribution in [0.2, 0.25) is 0 Å². The maximum Gasteiger partial charge on any atom is 0.326 e. The van der Waals surface area contributed by atoms with Crippen molar-refractivity contribution in [3.8, 4) is 0 Å². The summed E-state index contributed by atoms with van der Waals surface area (Å²) >= 11 is 0. The Hall–Kier alpha value is -1.14. The molecule has 0 aliphatic carbocycles. The van der Waals surface area contributed by atoms with Crippen LogP contribution in [-0.2, 0) is 14.3 Å². The Kier molecular flexibility index (Phi) is 5.40. The summed E-state index contributed by atoms with van der Waals surface area (Å²) in [4.78, 5) is 22.6. The fourth-order valence-electron chi connectivity index (χ4n) is 1.19. The molecular weight excluding hydrogens is 212 g/mol. The molecule has 0 aromatic rings. The van der Waals surface area contributed by atoms with Gasteiger partial charge in [0.05, 0.1) is 0 Å². The summed E-state index contributed by atoms with van der Waals surface area (Å²) in [6.07, 6.45) is -0.816. The molecule has 0 saturated heterocycles. The number of carboxylic acids is 1. The number of carboxylic acid groups (broad SMARTS) is 1. The second-order valence-electron chi connectivity index (χ2n) is 4.61. The first-order chi connectivity index (χ1) is 7.23. The van der Waals surface area contributed by atoms with Crippen molar-refractivity contribution in [2.24, 2.45) is 11.1 Å². The maximum atomic E-state index is 11.6. The molecule has 16 heavy (non-hydrogen) atoms. The summed E-state index contributed by atoms with van der Waals surface area (Å²) in [6.45, 7) is 5.21.